The van der Waals surface area contributed by atoms with Crippen molar-refractivity contribution in [3.63, 3.8) is 0 Å². The van der Waals surface area contributed by atoms with Gasteiger partial charge in [-0.25, -0.2) is 4.99 Å². The maximum absolute atomic E-state index is 13.1. The van der Waals surface area contributed by atoms with Gasteiger partial charge in [-0.3, -0.25) is 14.5 Å². The highest BCUT2D eigenvalue weighted by Crippen LogP contribution is 2.33. The zero-order chi connectivity index (χ0) is 20.9. The highest BCUT2D eigenvalue weighted by atomic mass is 32.2. The number of aryl methyl sites for hydroxylation is 1. The fraction of sp³-hybridized carbons (Fsp3) is 0.348. The van der Waals surface area contributed by atoms with Gasteiger partial charge in [-0.15, -0.1) is 0 Å². The predicted octanol–water partition coefficient (Wildman–Crippen LogP) is 4.13. The molecule has 30 heavy (non-hydrogen) atoms. The molecular formula is C23H25N3O3S. The average molecular weight is 424 g/mol. The molecule has 1 N–H and O–H groups in total. The number of nitrogens with zero attached hydrogens (tertiary/aromatic N) is 2. The van der Waals surface area contributed by atoms with Crippen LogP contribution in [0, 0.1) is 6.92 Å². The quantitative estimate of drug-likeness (QED) is 0.758. The molecule has 2 aliphatic heterocycles. The summed E-state index contributed by atoms with van der Waals surface area (Å²) in [6.07, 6.45) is 2.07. The number of amidine groups is 1. The number of rotatable bonds is 6. The smallest absolute Gasteiger partial charge is 0.242 e. The Morgan fingerprint density at radius 3 is 2.67 bits per heavy atom. The normalized spacial score (nSPS) is 22.6. The molecule has 2 aromatic carbocycles. The van der Waals surface area contributed by atoms with E-state index in [1.165, 1.54) is 11.8 Å². The number of benzene rings is 2. The topological polar surface area (TPSA) is 71.0 Å². The first kappa shape index (κ1) is 20.6. The van der Waals surface area contributed by atoms with Gasteiger partial charge in [-0.05, 0) is 44.0 Å². The van der Waals surface area contributed by atoms with E-state index in [9.17, 15) is 9.59 Å². The van der Waals surface area contributed by atoms with Crippen LogP contribution in [-0.2, 0) is 14.3 Å². The molecule has 6 nitrogen and oxygen atoms in total. The van der Waals surface area contributed by atoms with Crippen molar-refractivity contribution in [2.45, 2.75) is 37.5 Å². The molecule has 0 spiro atoms. The van der Waals surface area contributed by atoms with Crippen molar-refractivity contribution in [3.05, 3.63) is 60.2 Å². The van der Waals surface area contributed by atoms with E-state index < -0.39 is 5.25 Å². The Morgan fingerprint density at radius 1 is 1.20 bits per heavy atom. The number of para-hydroxylation sites is 1. The highest BCUT2D eigenvalue weighted by Gasteiger charge is 2.40. The lowest BCUT2D eigenvalue weighted by Gasteiger charge is -2.20. The number of carbonyl (C=O) groups excluding carboxylic acids is 2. The first-order valence-electron chi connectivity index (χ1n) is 10.2. The minimum absolute atomic E-state index is 0.0238. The number of anilines is 1. The molecule has 2 unspecified atom stereocenters. The van der Waals surface area contributed by atoms with Gasteiger partial charge in [0.2, 0.25) is 11.8 Å². The summed E-state index contributed by atoms with van der Waals surface area (Å²) < 4.78 is 5.73. The van der Waals surface area contributed by atoms with E-state index in [1.807, 2.05) is 61.5 Å². The zero-order valence-corrected chi connectivity index (χ0v) is 17.7. The number of ether oxygens (including phenoxy) is 1. The molecule has 2 aromatic rings. The molecule has 2 atom stereocenters. The maximum atomic E-state index is 13.1. The van der Waals surface area contributed by atoms with Crippen LogP contribution in [0.15, 0.2) is 59.6 Å². The van der Waals surface area contributed by atoms with Crippen molar-refractivity contribution in [2.75, 3.05) is 18.5 Å². The van der Waals surface area contributed by atoms with Gasteiger partial charge in [0.1, 0.15) is 5.25 Å². The standard InChI is InChI=1S/C23H25N3O3S/c1-16-9-11-18(12-10-16)24-21(27)14-20-22(28)26(15-19-8-5-13-29-19)23(30-20)25-17-6-3-2-4-7-17/h2-4,6-7,9-12,19-20H,5,8,13-15H2,1H3,(H,24,27). The second-order valence-electron chi connectivity index (χ2n) is 7.54. The summed E-state index contributed by atoms with van der Waals surface area (Å²) >= 11 is 1.36. The number of carbonyl (C=O) groups is 2. The fourth-order valence-electron chi connectivity index (χ4n) is 3.52. The van der Waals surface area contributed by atoms with Gasteiger partial charge in [-0.1, -0.05) is 47.7 Å². The Labute approximate surface area is 180 Å². The molecule has 156 valence electrons. The molecule has 7 heteroatoms. The van der Waals surface area contributed by atoms with Crippen molar-refractivity contribution >= 4 is 40.1 Å². The van der Waals surface area contributed by atoms with Crippen molar-refractivity contribution in [3.8, 4) is 0 Å². The summed E-state index contributed by atoms with van der Waals surface area (Å²) in [5.74, 6) is -0.257. The average Bonchev–Trinajstić information content (AvgIpc) is 3.35. The Kier molecular flexibility index (Phi) is 6.50. The number of hydrogen-bond donors (Lipinski definition) is 1. The summed E-state index contributed by atoms with van der Waals surface area (Å²) in [6.45, 7) is 3.21. The Morgan fingerprint density at radius 2 is 1.97 bits per heavy atom. The van der Waals surface area contributed by atoms with Crippen molar-refractivity contribution in [2.24, 2.45) is 4.99 Å². The van der Waals surface area contributed by atoms with E-state index in [4.69, 9.17) is 4.74 Å². The van der Waals surface area contributed by atoms with Crippen LogP contribution in [-0.4, -0.2) is 46.4 Å². The SMILES string of the molecule is Cc1ccc(NC(=O)CC2SC(=Nc3ccccc3)N(CC3CCCO3)C2=O)cc1. The van der Waals surface area contributed by atoms with Crippen LogP contribution < -0.4 is 5.32 Å². The van der Waals surface area contributed by atoms with Crippen molar-refractivity contribution in [1.82, 2.24) is 4.90 Å². The molecule has 4 rings (SSSR count). The summed E-state index contributed by atoms with van der Waals surface area (Å²) in [7, 11) is 0. The highest BCUT2D eigenvalue weighted by molar-refractivity contribution is 8.15. The molecule has 0 aliphatic carbocycles. The molecule has 2 fully saturated rings. The van der Waals surface area contributed by atoms with Crippen LogP contribution in [0.2, 0.25) is 0 Å². The van der Waals surface area contributed by atoms with E-state index in [0.717, 1.165) is 36.4 Å². The van der Waals surface area contributed by atoms with Gasteiger partial charge in [0.05, 0.1) is 18.3 Å². The summed E-state index contributed by atoms with van der Waals surface area (Å²) in [6, 6.07) is 17.2. The third-order valence-electron chi connectivity index (χ3n) is 5.12. The lowest BCUT2D eigenvalue weighted by Crippen LogP contribution is -2.38. The largest absolute Gasteiger partial charge is 0.376 e. The van der Waals surface area contributed by atoms with Crippen LogP contribution in [0.5, 0.6) is 0 Å². The number of amides is 2. The molecule has 0 bridgehead atoms. The van der Waals surface area contributed by atoms with Crippen molar-refractivity contribution < 1.29 is 14.3 Å². The van der Waals surface area contributed by atoms with Gasteiger partial charge < -0.3 is 10.1 Å². The third-order valence-corrected chi connectivity index (χ3v) is 6.29. The zero-order valence-electron chi connectivity index (χ0n) is 16.9. The molecule has 2 amide bonds. The summed E-state index contributed by atoms with van der Waals surface area (Å²) in [5.41, 5.74) is 2.64. The number of aliphatic imine (C=N–C) groups is 1. The van der Waals surface area contributed by atoms with Gasteiger partial charge in [-0.2, -0.15) is 0 Å². The fourth-order valence-corrected chi connectivity index (χ4v) is 4.68. The number of hydrogen-bond acceptors (Lipinski definition) is 5. The van der Waals surface area contributed by atoms with Crippen LogP contribution in [0.3, 0.4) is 0 Å². The number of nitrogens with one attached hydrogen (secondary N) is 1. The van der Waals surface area contributed by atoms with Gasteiger partial charge in [0, 0.05) is 18.7 Å². The molecule has 0 saturated carbocycles. The minimum Gasteiger partial charge on any atom is -0.376 e. The Balaban J connectivity index is 1.47. The molecule has 2 saturated heterocycles. The number of thioether (sulfide) groups is 1. The second-order valence-corrected chi connectivity index (χ2v) is 8.71. The van der Waals surface area contributed by atoms with E-state index in [0.29, 0.717) is 11.7 Å². The molecule has 0 aromatic heterocycles. The Hall–Kier alpha value is -2.64. The van der Waals surface area contributed by atoms with E-state index in [1.54, 1.807) is 4.90 Å². The van der Waals surface area contributed by atoms with E-state index >= 15 is 0 Å². The van der Waals surface area contributed by atoms with Crippen LogP contribution in [0.4, 0.5) is 11.4 Å². The first-order valence-corrected chi connectivity index (χ1v) is 11.1. The molecular weight excluding hydrogens is 398 g/mol. The lowest BCUT2D eigenvalue weighted by atomic mass is 10.2. The van der Waals surface area contributed by atoms with Crippen LogP contribution in [0.25, 0.3) is 0 Å². The summed E-state index contributed by atoms with van der Waals surface area (Å²) in [4.78, 5) is 32.0. The predicted molar refractivity (Wildman–Crippen MR) is 120 cm³/mol. The maximum Gasteiger partial charge on any atom is 0.242 e. The summed E-state index contributed by atoms with van der Waals surface area (Å²) in [5, 5.41) is 3.03. The molecule has 2 heterocycles. The van der Waals surface area contributed by atoms with Gasteiger partial charge in [0.15, 0.2) is 5.17 Å². The van der Waals surface area contributed by atoms with Gasteiger partial charge in [0.25, 0.3) is 0 Å². The minimum atomic E-state index is -0.487. The van der Waals surface area contributed by atoms with Gasteiger partial charge >= 0.3 is 0 Å². The first-order chi connectivity index (χ1) is 14.6. The second kappa shape index (κ2) is 9.45. The van der Waals surface area contributed by atoms with E-state index in [2.05, 4.69) is 10.3 Å². The van der Waals surface area contributed by atoms with E-state index in [-0.39, 0.29) is 24.3 Å². The Bertz CT molecular complexity index is 924. The monoisotopic (exact) mass is 423 g/mol. The lowest BCUT2D eigenvalue weighted by molar-refractivity contribution is -0.129. The van der Waals surface area contributed by atoms with Crippen LogP contribution in [0.1, 0.15) is 24.8 Å². The molecule has 0 radical (unpaired) electrons. The van der Waals surface area contributed by atoms with Crippen molar-refractivity contribution in [1.29, 1.82) is 0 Å². The third kappa shape index (κ3) is 5.09. The van der Waals surface area contributed by atoms with Crippen LogP contribution >= 0.6 is 11.8 Å². The molecule has 2 aliphatic rings.